The van der Waals surface area contributed by atoms with Crippen LogP contribution >= 0.6 is 15.9 Å². The Balaban J connectivity index is 2.58. The Bertz CT molecular complexity index is 863. The summed E-state index contributed by atoms with van der Waals surface area (Å²) in [5, 5.41) is 9.03. The van der Waals surface area contributed by atoms with E-state index in [4.69, 9.17) is 5.26 Å². The number of hydrogen-bond donors (Lipinski definition) is 0. The van der Waals surface area contributed by atoms with Gasteiger partial charge < -0.3 is 4.57 Å². The van der Waals surface area contributed by atoms with Gasteiger partial charge in [-0.25, -0.2) is 8.78 Å². The number of fused-ring (bicyclic) bond motifs is 1. The highest BCUT2D eigenvalue weighted by atomic mass is 79.9. The number of benzene rings is 1. The first-order valence-corrected chi connectivity index (χ1v) is 7.39. The van der Waals surface area contributed by atoms with E-state index in [0.717, 1.165) is 25.3 Å². The normalized spacial score (nSPS) is 15.0. The Morgan fingerprint density at radius 1 is 1.38 bits per heavy atom. The quantitative estimate of drug-likeness (QED) is 0.729. The van der Waals surface area contributed by atoms with E-state index in [1.807, 2.05) is 0 Å². The molecule has 0 atom stereocenters. The van der Waals surface area contributed by atoms with Crippen molar-refractivity contribution in [3.05, 3.63) is 43.7 Å². The predicted molar refractivity (Wildman–Crippen MR) is 78.2 cm³/mol. The van der Waals surface area contributed by atoms with Gasteiger partial charge in [-0.05, 0) is 47.7 Å². The molecule has 0 spiro atoms. The third kappa shape index (κ3) is 1.91. The largest absolute Gasteiger partial charge is 0.305 e. The van der Waals surface area contributed by atoms with Gasteiger partial charge in [0.25, 0.3) is 5.56 Å². The summed E-state index contributed by atoms with van der Waals surface area (Å²) >= 11 is 3.03. The maximum Gasteiger partial charge on any atom is 0.252 e. The molecule has 2 aromatic rings. The van der Waals surface area contributed by atoms with Crippen molar-refractivity contribution < 1.29 is 8.78 Å². The lowest BCUT2D eigenvalue weighted by Crippen LogP contribution is -2.30. The molecule has 1 saturated carbocycles. The summed E-state index contributed by atoms with van der Waals surface area (Å²) in [6, 6.07) is 2.88. The van der Waals surface area contributed by atoms with Crippen LogP contribution in [0.1, 0.15) is 36.4 Å². The molecule has 0 aliphatic heterocycles. The SMILES string of the molecule is Cc1c(Br)c(F)c(F)c2c(C#N)cc(=O)n(C3CCC3)c12. The van der Waals surface area contributed by atoms with Crippen LogP contribution in [0.4, 0.5) is 8.78 Å². The molecular weight excluding hydrogens is 342 g/mol. The lowest BCUT2D eigenvalue weighted by atomic mass is 9.91. The van der Waals surface area contributed by atoms with E-state index in [1.165, 1.54) is 4.57 Å². The third-order valence-corrected chi connectivity index (χ3v) is 5.04. The molecule has 1 fully saturated rings. The summed E-state index contributed by atoms with van der Waals surface area (Å²) in [4.78, 5) is 12.3. The lowest BCUT2D eigenvalue weighted by molar-refractivity contribution is 0.314. The molecule has 1 aromatic carbocycles. The van der Waals surface area contributed by atoms with Crippen molar-refractivity contribution in [3.63, 3.8) is 0 Å². The molecule has 0 saturated heterocycles. The van der Waals surface area contributed by atoms with Crippen LogP contribution in [-0.4, -0.2) is 4.57 Å². The van der Waals surface area contributed by atoms with E-state index in [1.54, 1.807) is 13.0 Å². The maximum absolute atomic E-state index is 14.3. The zero-order valence-electron chi connectivity index (χ0n) is 11.2. The van der Waals surface area contributed by atoms with Gasteiger partial charge in [-0.15, -0.1) is 0 Å². The van der Waals surface area contributed by atoms with Gasteiger partial charge in [-0.2, -0.15) is 5.26 Å². The van der Waals surface area contributed by atoms with Gasteiger partial charge in [0.1, 0.15) is 6.07 Å². The van der Waals surface area contributed by atoms with Gasteiger partial charge >= 0.3 is 0 Å². The van der Waals surface area contributed by atoms with Crippen LogP contribution in [0.2, 0.25) is 0 Å². The molecule has 0 N–H and O–H groups in total. The summed E-state index contributed by atoms with van der Waals surface area (Å²) in [5.41, 5.74) is 0.279. The summed E-state index contributed by atoms with van der Waals surface area (Å²) < 4.78 is 29.8. The first kappa shape index (κ1) is 14.2. The second-order valence-corrected chi connectivity index (χ2v) is 6.05. The smallest absolute Gasteiger partial charge is 0.252 e. The van der Waals surface area contributed by atoms with Crippen molar-refractivity contribution in [1.29, 1.82) is 5.26 Å². The fourth-order valence-corrected chi connectivity index (χ4v) is 3.15. The van der Waals surface area contributed by atoms with Crippen molar-refractivity contribution in [3.8, 4) is 6.07 Å². The molecule has 1 aromatic heterocycles. The average Bonchev–Trinajstić information content (AvgIpc) is 2.42. The Morgan fingerprint density at radius 2 is 2.05 bits per heavy atom. The van der Waals surface area contributed by atoms with Crippen LogP contribution in [0.25, 0.3) is 10.9 Å². The van der Waals surface area contributed by atoms with Crippen molar-refractivity contribution in [1.82, 2.24) is 4.57 Å². The van der Waals surface area contributed by atoms with Crippen LogP contribution in [0.3, 0.4) is 0 Å². The number of hydrogen-bond acceptors (Lipinski definition) is 2. The predicted octanol–water partition coefficient (Wildman–Crippen LogP) is 3.95. The van der Waals surface area contributed by atoms with Crippen molar-refractivity contribution >= 4 is 26.8 Å². The van der Waals surface area contributed by atoms with E-state index in [-0.39, 0.29) is 27.0 Å². The summed E-state index contributed by atoms with van der Waals surface area (Å²) in [6.07, 6.45) is 2.66. The number of rotatable bonds is 1. The number of pyridine rings is 1. The summed E-state index contributed by atoms with van der Waals surface area (Å²) in [6.45, 7) is 1.62. The van der Waals surface area contributed by atoms with Gasteiger partial charge in [0, 0.05) is 12.1 Å². The maximum atomic E-state index is 14.3. The number of nitriles is 1. The highest BCUT2D eigenvalue weighted by molar-refractivity contribution is 9.10. The number of halogens is 3. The Labute approximate surface area is 127 Å². The molecule has 0 radical (unpaired) electrons. The van der Waals surface area contributed by atoms with Gasteiger partial charge in [0.05, 0.1) is 20.9 Å². The summed E-state index contributed by atoms with van der Waals surface area (Å²) in [5.74, 6) is -2.12. The van der Waals surface area contributed by atoms with Crippen LogP contribution in [0, 0.1) is 29.9 Å². The van der Waals surface area contributed by atoms with Gasteiger partial charge in [-0.3, -0.25) is 4.79 Å². The molecule has 6 heteroatoms. The standard InChI is InChI=1S/C15H11BrF2N2O/c1-7-12(16)14(18)13(17)11-8(6-19)5-10(21)20(15(7)11)9-3-2-4-9/h5,9H,2-4H2,1H3. The topological polar surface area (TPSA) is 45.8 Å². The molecule has 3 nitrogen and oxygen atoms in total. The van der Waals surface area contributed by atoms with Crippen LogP contribution in [0.5, 0.6) is 0 Å². The second kappa shape index (κ2) is 4.92. The minimum absolute atomic E-state index is 0.00457. The first-order valence-electron chi connectivity index (χ1n) is 6.59. The van der Waals surface area contributed by atoms with Crippen molar-refractivity contribution in [2.75, 3.05) is 0 Å². The molecule has 3 rings (SSSR count). The van der Waals surface area contributed by atoms with Gasteiger partial charge in [0.2, 0.25) is 0 Å². The fourth-order valence-electron chi connectivity index (χ4n) is 2.78. The van der Waals surface area contributed by atoms with E-state index < -0.39 is 11.6 Å². The summed E-state index contributed by atoms with van der Waals surface area (Å²) in [7, 11) is 0. The Hall–Kier alpha value is -1.74. The minimum Gasteiger partial charge on any atom is -0.305 e. The fraction of sp³-hybridized carbons (Fsp3) is 0.333. The molecule has 0 amide bonds. The molecular formula is C15H11BrF2N2O. The monoisotopic (exact) mass is 352 g/mol. The lowest BCUT2D eigenvalue weighted by Gasteiger charge is -2.30. The second-order valence-electron chi connectivity index (χ2n) is 5.25. The van der Waals surface area contributed by atoms with Crippen molar-refractivity contribution in [2.24, 2.45) is 0 Å². The third-order valence-electron chi connectivity index (χ3n) is 4.10. The molecule has 1 aliphatic rings. The molecule has 1 heterocycles. The van der Waals surface area contributed by atoms with Gasteiger partial charge in [-0.1, -0.05) is 0 Å². The van der Waals surface area contributed by atoms with Crippen LogP contribution in [-0.2, 0) is 0 Å². The van der Waals surface area contributed by atoms with Crippen LogP contribution < -0.4 is 5.56 Å². The molecule has 21 heavy (non-hydrogen) atoms. The zero-order valence-corrected chi connectivity index (χ0v) is 12.8. The first-order chi connectivity index (χ1) is 9.97. The molecule has 0 unspecified atom stereocenters. The van der Waals surface area contributed by atoms with E-state index in [2.05, 4.69) is 15.9 Å². The average molecular weight is 353 g/mol. The highest BCUT2D eigenvalue weighted by Crippen LogP contribution is 2.38. The number of aryl methyl sites for hydroxylation is 1. The van der Waals surface area contributed by atoms with E-state index in [9.17, 15) is 13.6 Å². The minimum atomic E-state index is -1.09. The van der Waals surface area contributed by atoms with Gasteiger partial charge in [0.15, 0.2) is 11.6 Å². The Morgan fingerprint density at radius 3 is 2.57 bits per heavy atom. The molecule has 108 valence electrons. The molecule has 1 aliphatic carbocycles. The highest BCUT2D eigenvalue weighted by Gasteiger charge is 2.27. The van der Waals surface area contributed by atoms with Crippen LogP contribution in [0.15, 0.2) is 15.3 Å². The Kier molecular flexibility index (Phi) is 3.33. The van der Waals surface area contributed by atoms with E-state index in [0.29, 0.717) is 11.1 Å². The zero-order chi connectivity index (χ0) is 15.3. The number of aromatic nitrogens is 1. The molecule has 0 bridgehead atoms. The number of nitrogens with zero attached hydrogens (tertiary/aromatic N) is 2. The van der Waals surface area contributed by atoms with E-state index >= 15 is 0 Å². The van der Waals surface area contributed by atoms with Crippen molar-refractivity contribution in [2.45, 2.75) is 32.2 Å².